The number of nitrogen functional groups attached to an aromatic ring is 1. The summed E-state index contributed by atoms with van der Waals surface area (Å²) in [5.74, 6) is 0. The number of nitrogens with one attached hydrogen (secondary N) is 1. The van der Waals surface area contributed by atoms with Crippen molar-refractivity contribution in [1.82, 2.24) is 0 Å². The van der Waals surface area contributed by atoms with E-state index in [0.717, 1.165) is 22.5 Å². The maximum Gasteiger partial charge on any atom is 0.264 e. The van der Waals surface area contributed by atoms with E-state index < -0.39 is 10.0 Å². The lowest BCUT2D eigenvalue weighted by Gasteiger charge is -2.14. The fourth-order valence-corrected chi connectivity index (χ4v) is 4.97. The number of aryl methyl sites for hydroxylation is 1. The third kappa shape index (κ3) is 2.88. The smallest absolute Gasteiger partial charge is 0.264 e. The highest BCUT2D eigenvalue weighted by molar-refractivity contribution is 7.93. The van der Waals surface area contributed by atoms with Gasteiger partial charge in [-0.15, -0.1) is 11.3 Å². The van der Waals surface area contributed by atoms with Crippen molar-refractivity contribution in [2.45, 2.75) is 18.7 Å². The molecule has 4 nitrogen and oxygen atoms in total. The van der Waals surface area contributed by atoms with Crippen LogP contribution >= 0.6 is 34.5 Å². The van der Waals surface area contributed by atoms with Crippen molar-refractivity contribution < 1.29 is 8.42 Å². The summed E-state index contributed by atoms with van der Waals surface area (Å²) in [6.45, 7) is 3.67. The molecule has 1 heterocycles. The van der Waals surface area contributed by atoms with Crippen LogP contribution in [0.15, 0.2) is 23.1 Å². The third-order valence-electron chi connectivity index (χ3n) is 2.92. The monoisotopic (exact) mass is 350 g/mol. The normalized spacial score (nSPS) is 11.6. The van der Waals surface area contributed by atoms with Gasteiger partial charge in [-0.05, 0) is 37.1 Å². The van der Waals surface area contributed by atoms with Crippen molar-refractivity contribution in [1.29, 1.82) is 0 Å². The van der Waals surface area contributed by atoms with Crippen LogP contribution in [0.3, 0.4) is 0 Å². The van der Waals surface area contributed by atoms with E-state index in [9.17, 15) is 8.42 Å². The average molecular weight is 351 g/mol. The van der Waals surface area contributed by atoms with E-state index in [-0.39, 0.29) is 9.23 Å². The number of nitrogens with two attached hydrogens (primary N) is 1. The van der Waals surface area contributed by atoms with Crippen LogP contribution in [-0.2, 0) is 10.0 Å². The van der Waals surface area contributed by atoms with Crippen molar-refractivity contribution in [2.24, 2.45) is 0 Å². The Hall–Kier alpha value is -0.950. The summed E-state index contributed by atoms with van der Waals surface area (Å²) < 4.78 is 27.6. The molecular weight excluding hydrogens is 339 g/mol. The fourth-order valence-electron chi connectivity index (χ4n) is 1.67. The molecule has 20 heavy (non-hydrogen) atoms. The molecule has 1 aromatic carbocycles. The molecule has 2 rings (SSSR count). The topological polar surface area (TPSA) is 72.2 Å². The second-order valence-electron chi connectivity index (χ2n) is 4.27. The molecule has 8 heteroatoms. The highest BCUT2D eigenvalue weighted by Gasteiger charge is 2.22. The minimum absolute atomic E-state index is 0.0468. The van der Waals surface area contributed by atoms with Gasteiger partial charge in [-0.3, -0.25) is 4.72 Å². The number of hydrogen-bond donors (Lipinski definition) is 2. The number of rotatable bonds is 3. The van der Waals surface area contributed by atoms with Gasteiger partial charge in [0.25, 0.3) is 10.0 Å². The van der Waals surface area contributed by atoms with Gasteiger partial charge in [-0.1, -0.05) is 29.3 Å². The predicted octanol–water partition coefficient (Wildman–Crippen LogP) is 4.05. The number of sulfonamides is 1. The van der Waals surface area contributed by atoms with E-state index in [1.165, 1.54) is 6.07 Å². The van der Waals surface area contributed by atoms with Crippen LogP contribution in [-0.4, -0.2) is 8.42 Å². The second kappa shape index (κ2) is 5.44. The second-order valence-corrected chi connectivity index (χ2v) is 8.20. The minimum Gasteiger partial charge on any atom is -0.397 e. The van der Waals surface area contributed by atoms with E-state index in [2.05, 4.69) is 4.72 Å². The van der Waals surface area contributed by atoms with Gasteiger partial charge in [0.15, 0.2) is 0 Å². The standard InChI is InChI=1S/C12H12Cl2N2O2S2/c1-6-3-4-8(15)11(7(6)2)16-20(17,18)9-5-10(13)19-12(9)14/h3-5,16H,15H2,1-2H3. The third-order valence-corrected chi connectivity index (χ3v) is 6.02. The zero-order chi connectivity index (χ0) is 15.1. The molecule has 0 aliphatic heterocycles. The first kappa shape index (κ1) is 15.4. The SMILES string of the molecule is Cc1ccc(N)c(NS(=O)(=O)c2cc(Cl)sc2Cl)c1C. The molecule has 0 aliphatic rings. The Labute approximate surface area is 131 Å². The van der Waals surface area contributed by atoms with Crippen molar-refractivity contribution in [3.8, 4) is 0 Å². The van der Waals surface area contributed by atoms with E-state index in [1.54, 1.807) is 13.0 Å². The first-order valence-electron chi connectivity index (χ1n) is 5.55. The molecule has 0 saturated heterocycles. The maximum atomic E-state index is 12.3. The number of thiophene rings is 1. The predicted molar refractivity (Wildman–Crippen MR) is 85.5 cm³/mol. The lowest BCUT2D eigenvalue weighted by Crippen LogP contribution is -2.15. The molecule has 0 unspecified atom stereocenters. The minimum atomic E-state index is -3.82. The Morgan fingerprint density at radius 2 is 1.90 bits per heavy atom. The Balaban J connectivity index is 2.49. The van der Waals surface area contributed by atoms with Crippen molar-refractivity contribution in [2.75, 3.05) is 10.5 Å². The zero-order valence-electron chi connectivity index (χ0n) is 10.7. The van der Waals surface area contributed by atoms with Gasteiger partial charge in [-0.2, -0.15) is 0 Å². The molecule has 0 fully saturated rings. The number of halogens is 2. The van der Waals surface area contributed by atoms with Gasteiger partial charge in [0.2, 0.25) is 0 Å². The number of benzene rings is 1. The van der Waals surface area contributed by atoms with E-state index in [4.69, 9.17) is 28.9 Å². The summed E-state index contributed by atoms with van der Waals surface area (Å²) in [5.41, 5.74) is 8.26. The summed E-state index contributed by atoms with van der Waals surface area (Å²) in [7, 11) is -3.82. The van der Waals surface area contributed by atoms with Crippen LogP contribution in [0.5, 0.6) is 0 Å². The van der Waals surface area contributed by atoms with Crippen LogP contribution in [0.1, 0.15) is 11.1 Å². The summed E-state index contributed by atoms with van der Waals surface area (Å²) >= 11 is 12.7. The van der Waals surface area contributed by atoms with E-state index in [0.29, 0.717) is 15.7 Å². The van der Waals surface area contributed by atoms with E-state index >= 15 is 0 Å². The lowest BCUT2D eigenvalue weighted by atomic mass is 10.1. The molecular formula is C12H12Cl2N2O2S2. The molecule has 3 N–H and O–H groups in total. The molecule has 2 aromatic rings. The summed E-state index contributed by atoms with van der Waals surface area (Å²) in [6.07, 6.45) is 0. The quantitative estimate of drug-likeness (QED) is 0.820. The van der Waals surface area contributed by atoms with Gasteiger partial charge in [-0.25, -0.2) is 8.42 Å². The average Bonchev–Trinajstić information content (AvgIpc) is 2.70. The Morgan fingerprint density at radius 3 is 2.45 bits per heavy atom. The molecule has 0 amide bonds. The van der Waals surface area contributed by atoms with Gasteiger partial charge in [0, 0.05) is 0 Å². The number of anilines is 2. The van der Waals surface area contributed by atoms with Gasteiger partial charge >= 0.3 is 0 Å². The molecule has 0 aliphatic carbocycles. The fraction of sp³-hybridized carbons (Fsp3) is 0.167. The molecule has 108 valence electrons. The molecule has 1 aromatic heterocycles. The Kier molecular flexibility index (Phi) is 4.20. The van der Waals surface area contributed by atoms with Crippen LogP contribution in [0.25, 0.3) is 0 Å². The summed E-state index contributed by atoms with van der Waals surface area (Å²) in [4.78, 5) is -0.0468. The summed E-state index contributed by atoms with van der Waals surface area (Å²) in [6, 6.07) is 4.80. The van der Waals surface area contributed by atoms with Crippen LogP contribution in [0.2, 0.25) is 8.67 Å². The van der Waals surface area contributed by atoms with Gasteiger partial charge in [0.1, 0.15) is 9.23 Å². The highest BCUT2D eigenvalue weighted by Crippen LogP contribution is 2.36. The largest absolute Gasteiger partial charge is 0.397 e. The molecule has 0 radical (unpaired) electrons. The van der Waals surface area contributed by atoms with Crippen LogP contribution < -0.4 is 10.5 Å². The van der Waals surface area contributed by atoms with E-state index in [1.807, 2.05) is 13.0 Å². The highest BCUT2D eigenvalue weighted by atomic mass is 35.5. The molecule has 0 spiro atoms. The van der Waals surface area contributed by atoms with Crippen LogP contribution in [0.4, 0.5) is 11.4 Å². The van der Waals surface area contributed by atoms with Crippen molar-refractivity contribution in [3.63, 3.8) is 0 Å². The Bertz CT molecular complexity index is 770. The molecule has 0 bridgehead atoms. The van der Waals surface area contributed by atoms with Gasteiger partial charge in [0.05, 0.1) is 15.7 Å². The first-order chi connectivity index (χ1) is 9.22. The molecule has 0 saturated carbocycles. The lowest BCUT2D eigenvalue weighted by molar-refractivity contribution is 0.601. The summed E-state index contributed by atoms with van der Waals surface area (Å²) in [5, 5.41) is 0. The first-order valence-corrected chi connectivity index (χ1v) is 8.61. The zero-order valence-corrected chi connectivity index (χ0v) is 13.8. The van der Waals surface area contributed by atoms with Crippen molar-refractivity contribution >= 4 is 55.9 Å². The van der Waals surface area contributed by atoms with Crippen molar-refractivity contribution in [3.05, 3.63) is 38.0 Å². The number of hydrogen-bond acceptors (Lipinski definition) is 4. The molecule has 0 atom stereocenters. The Morgan fingerprint density at radius 1 is 1.25 bits per heavy atom. The maximum absolute atomic E-state index is 12.3. The van der Waals surface area contributed by atoms with Gasteiger partial charge < -0.3 is 5.73 Å². The van der Waals surface area contributed by atoms with Crippen LogP contribution in [0, 0.1) is 13.8 Å².